The Balaban J connectivity index is 1.50. The van der Waals surface area contributed by atoms with E-state index >= 15 is 0 Å². The third-order valence-electron chi connectivity index (χ3n) is 7.88. The van der Waals surface area contributed by atoms with Crippen LogP contribution in [0.2, 0.25) is 0 Å². The molecule has 0 radical (unpaired) electrons. The first-order chi connectivity index (χ1) is 20.6. The van der Waals surface area contributed by atoms with Crippen LogP contribution in [0.1, 0.15) is 52.5 Å². The number of carbonyl (C=O) groups is 2. The second kappa shape index (κ2) is 12.3. The molecule has 228 valence electrons. The molecule has 14 heteroatoms. The molecule has 1 aromatic heterocycles. The summed E-state index contributed by atoms with van der Waals surface area (Å²) >= 11 is 0. The fourth-order valence-electron chi connectivity index (χ4n) is 5.55. The first-order valence-electron chi connectivity index (χ1n) is 14.0. The molecule has 4 N–H and O–H groups in total. The number of piperidine rings is 1. The maximum Gasteiger partial charge on any atom is 0.392 e. The zero-order chi connectivity index (χ0) is 30.7. The monoisotopic (exact) mass is 598 g/mol. The van der Waals surface area contributed by atoms with E-state index in [9.17, 15) is 22.8 Å². The molecule has 2 unspecified atom stereocenters. The van der Waals surface area contributed by atoms with Gasteiger partial charge in [0.1, 0.15) is 11.6 Å². The molecular weight excluding hydrogens is 565 g/mol. The number of benzene rings is 2. The van der Waals surface area contributed by atoms with E-state index in [1.807, 2.05) is 0 Å². The molecule has 0 saturated carbocycles. The van der Waals surface area contributed by atoms with Crippen LogP contribution < -0.4 is 15.8 Å². The lowest BCUT2D eigenvalue weighted by atomic mass is 9.84. The number of carbonyl (C=O) groups excluding carboxylic acids is 2. The molecule has 0 aliphatic carbocycles. The van der Waals surface area contributed by atoms with Crippen LogP contribution in [0.4, 0.5) is 23.9 Å². The highest BCUT2D eigenvalue weighted by atomic mass is 19.4. The van der Waals surface area contributed by atoms with Crippen molar-refractivity contribution < 1.29 is 27.5 Å². The number of amides is 2. The van der Waals surface area contributed by atoms with Gasteiger partial charge in [0.15, 0.2) is 5.82 Å². The fourth-order valence-corrected chi connectivity index (χ4v) is 5.55. The third-order valence-corrected chi connectivity index (χ3v) is 7.88. The average Bonchev–Trinajstić information content (AvgIpc) is 3.70. The summed E-state index contributed by atoms with van der Waals surface area (Å²) in [5.41, 5.74) is 6.96. The quantitative estimate of drug-likeness (QED) is 0.275. The summed E-state index contributed by atoms with van der Waals surface area (Å²) in [6.45, 7) is 1.05. The van der Waals surface area contributed by atoms with Gasteiger partial charge in [0, 0.05) is 38.3 Å². The number of nitrogens with two attached hydrogens (primary N) is 1. The molecule has 2 saturated heterocycles. The summed E-state index contributed by atoms with van der Waals surface area (Å²) in [4.78, 5) is 34.3. The highest BCUT2D eigenvalue weighted by Crippen LogP contribution is 2.42. The number of anilines is 1. The number of nitrogens with one attached hydrogen (secondary N) is 2. The van der Waals surface area contributed by atoms with Crippen molar-refractivity contribution in [3.8, 4) is 5.75 Å². The second-order valence-corrected chi connectivity index (χ2v) is 10.6. The number of nitrogen functional groups attached to an aromatic ring is 1. The lowest BCUT2D eigenvalue weighted by Crippen LogP contribution is -2.50. The standard InChI is InChI=1S/C29H33F3N8O3/c1-43-23-7-3-2-6-20(23)26(41)40-27(35-16-18-8-10-19(11-9-18)24(33)34)36-25(37-40)21-17-39(15-12-22(21)29(30,31)32)28(42)38-13-4-5-14-38/h2-3,6-11,21-22H,4-5,12-17H2,1H3,(H3,33,34)(H,35,36,37). The minimum absolute atomic E-state index is 0.0295. The van der Waals surface area contributed by atoms with Crippen molar-refractivity contribution in [1.82, 2.24) is 24.6 Å². The Kier molecular flexibility index (Phi) is 8.55. The molecule has 0 bridgehead atoms. The number of halogens is 3. The molecular formula is C29H33F3N8O3. The average molecular weight is 599 g/mol. The number of nitrogens with zero attached hydrogens (tertiary/aromatic N) is 5. The van der Waals surface area contributed by atoms with Gasteiger partial charge >= 0.3 is 12.2 Å². The van der Waals surface area contributed by atoms with Crippen LogP contribution in [0.3, 0.4) is 0 Å². The van der Waals surface area contributed by atoms with E-state index in [-0.39, 0.29) is 61.0 Å². The lowest BCUT2D eigenvalue weighted by molar-refractivity contribution is -0.190. The number of aromatic nitrogens is 3. The van der Waals surface area contributed by atoms with Crippen LogP contribution >= 0.6 is 0 Å². The van der Waals surface area contributed by atoms with Gasteiger partial charge in [0.25, 0.3) is 5.91 Å². The number of hydrogen-bond donors (Lipinski definition) is 3. The summed E-state index contributed by atoms with van der Waals surface area (Å²) in [6, 6.07) is 13.0. The van der Waals surface area contributed by atoms with Gasteiger partial charge in [-0.15, -0.1) is 5.10 Å². The summed E-state index contributed by atoms with van der Waals surface area (Å²) in [7, 11) is 1.41. The Hall–Kier alpha value is -4.62. The summed E-state index contributed by atoms with van der Waals surface area (Å²) in [5, 5.41) is 14.9. The second-order valence-electron chi connectivity index (χ2n) is 10.6. The largest absolute Gasteiger partial charge is 0.496 e. The normalized spacial score (nSPS) is 18.9. The number of methoxy groups -OCH3 is 1. The van der Waals surface area contributed by atoms with Crippen molar-refractivity contribution >= 4 is 23.7 Å². The third kappa shape index (κ3) is 6.42. The van der Waals surface area contributed by atoms with Gasteiger partial charge in [0.2, 0.25) is 5.95 Å². The number of urea groups is 1. The van der Waals surface area contributed by atoms with Gasteiger partial charge < -0.3 is 25.6 Å². The van der Waals surface area contributed by atoms with E-state index < -0.39 is 23.9 Å². The lowest BCUT2D eigenvalue weighted by Gasteiger charge is -2.39. The Morgan fingerprint density at radius 3 is 2.42 bits per heavy atom. The molecule has 2 aromatic carbocycles. The molecule has 2 fully saturated rings. The van der Waals surface area contributed by atoms with Crippen molar-refractivity contribution in [3.63, 3.8) is 0 Å². The topological polar surface area (TPSA) is 142 Å². The Morgan fingerprint density at radius 2 is 1.77 bits per heavy atom. The Bertz CT molecular complexity index is 1480. The SMILES string of the molecule is COc1ccccc1C(=O)n1nc(C2CN(C(=O)N3CCCC3)CCC2C(F)(F)F)nc1NCc1ccc(C(=N)N)cc1. The molecule has 2 aliphatic rings. The van der Waals surface area contributed by atoms with Gasteiger partial charge in [-0.2, -0.15) is 22.8 Å². The summed E-state index contributed by atoms with van der Waals surface area (Å²) in [5.74, 6) is -3.76. The van der Waals surface area contributed by atoms with Crippen molar-refractivity contribution in [2.75, 3.05) is 38.6 Å². The first-order valence-corrected chi connectivity index (χ1v) is 14.0. The summed E-state index contributed by atoms with van der Waals surface area (Å²) in [6.07, 6.45) is -3.14. The van der Waals surface area contributed by atoms with E-state index in [2.05, 4.69) is 15.4 Å². The van der Waals surface area contributed by atoms with Gasteiger partial charge in [-0.25, -0.2) is 4.79 Å². The van der Waals surface area contributed by atoms with E-state index in [1.54, 1.807) is 47.4 Å². The van der Waals surface area contributed by atoms with E-state index in [0.29, 0.717) is 18.7 Å². The van der Waals surface area contributed by atoms with Gasteiger partial charge in [-0.05, 0) is 37.0 Å². The summed E-state index contributed by atoms with van der Waals surface area (Å²) < 4.78 is 49.2. The van der Waals surface area contributed by atoms with Crippen LogP contribution in [0.5, 0.6) is 5.75 Å². The van der Waals surface area contributed by atoms with Crippen molar-refractivity contribution in [1.29, 1.82) is 5.41 Å². The number of amidine groups is 1. The predicted molar refractivity (Wildman–Crippen MR) is 152 cm³/mol. The number of para-hydroxylation sites is 1. The molecule has 2 atom stereocenters. The number of likely N-dealkylation sites (tertiary alicyclic amines) is 2. The van der Waals surface area contributed by atoms with Crippen LogP contribution in [0, 0.1) is 11.3 Å². The van der Waals surface area contributed by atoms with Crippen molar-refractivity contribution in [3.05, 3.63) is 71.0 Å². The fraction of sp³-hybridized carbons (Fsp3) is 0.414. The van der Waals surface area contributed by atoms with Gasteiger partial charge in [-0.3, -0.25) is 10.2 Å². The zero-order valence-electron chi connectivity index (χ0n) is 23.6. The molecule has 43 heavy (non-hydrogen) atoms. The minimum Gasteiger partial charge on any atom is -0.496 e. The minimum atomic E-state index is -4.56. The van der Waals surface area contributed by atoms with E-state index in [4.69, 9.17) is 15.9 Å². The van der Waals surface area contributed by atoms with E-state index in [0.717, 1.165) is 23.1 Å². The predicted octanol–water partition coefficient (Wildman–Crippen LogP) is 4.05. The van der Waals surface area contributed by atoms with Crippen LogP contribution in [0.25, 0.3) is 0 Å². The molecule has 3 heterocycles. The number of hydrogen-bond acceptors (Lipinski definition) is 7. The maximum absolute atomic E-state index is 14.3. The van der Waals surface area contributed by atoms with Crippen molar-refractivity contribution in [2.24, 2.45) is 11.7 Å². The van der Waals surface area contributed by atoms with Gasteiger partial charge in [0.05, 0.1) is 24.5 Å². The highest BCUT2D eigenvalue weighted by molar-refractivity contribution is 5.99. The Labute approximate surface area is 246 Å². The first kappa shape index (κ1) is 29.9. The molecule has 3 aromatic rings. The molecule has 0 spiro atoms. The zero-order valence-corrected chi connectivity index (χ0v) is 23.6. The smallest absolute Gasteiger partial charge is 0.392 e. The van der Waals surface area contributed by atoms with Crippen LogP contribution in [-0.2, 0) is 6.54 Å². The van der Waals surface area contributed by atoms with Crippen LogP contribution in [-0.4, -0.2) is 81.8 Å². The molecule has 5 rings (SSSR count). The highest BCUT2D eigenvalue weighted by Gasteiger charge is 2.50. The number of ether oxygens (including phenoxy) is 1. The van der Waals surface area contributed by atoms with E-state index in [1.165, 1.54) is 18.1 Å². The number of rotatable bonds is 7. The van der Waals surface area contributed by atoms with Crippen LogP contribution in [0.15, 0.2) is 48.5 Å². The number of alkyl halides is 3. The Morgan fingerprint density at radius 1 is 1.07 bits per heavy atom. The molecule has 2 aliphatic heterocycles. The van der Waals surface area contributed by atoms with Gasteiger partial charge in [-0.1, -0.05) is 36.4 Å². The maximum atomic E-state index is 14.3. The molecule has 2 amide bonds. The van der Waals surface area contributed by atoms with Crippen molar-refractivity contribution in [2.45, 2.75) is 37.9 Å². The molecule has 11 nitrogen and oxygen atoms in total.